The standard InChI is InChI=1S/C14H13N3O/c1-10-4-2-5-12(11(10)8-15)17-13(18)14(9-16)6-3-7-14/h2,4-5H,3,6-7H2,1H3,(H,17,18). The second-order valence-corrected chi connectivity index (χ2v) is 4.61. The van der Waals surface area contributed by atoms with E-state index in [1.807, 2.05) is 13.0 Å². The minimum Gasteiger partial charge on any atom is -0.323 e. The molecule has 90 valence electrons. The van der Waals surface area contributed by atoms with Crippen molar-refractivity contribution in [2.24, 2.45) is 5.41 Å². The fourth-order valence-electron chi connectivity index (χ4n) is 2.08. The van der Waals surface area contributed by atoms with E-state index in [9.17, 15) is 4.79 Å². The summed E-state index contributed by atoms with van der Waals surface area (Å²) in [5.41, 5.74) is 0.869. The number of amides is 1. The van der Waals surface area contributed by atoms with Crippen LogP contribution in [0.5, 0.6) is 0 Å². The number of nitrogens with one attached hydrogen (secondary N) is 1. The average molecular weight is 239 g/mol. The van der Waals surface area contributed by atoms with Crippen LogP contribution in [0.1, 0.15) is 30.4 Å². The van der Waals surface area contributed by atoms with Crippen molar-refractivity contribution in [1.82, 2.24) is 0 Å². The van der Waals surface area contributed by atoms with Gasteiger partial charge >= 0.3 is 0 Å². The van der Waals surface area contributed by atoms with Gasteiger partial charge in [-0.15, -0.1) is 0 Å². The van der Waals surface area contributed by atoms with Crippen LogP contribution < -0.4 is 5.32 Å². The summed E-state index contributed by atoms with van der Waals surface area (Å²) in [6.45, 7) is 1.82. The fraction of sp³-hybridized carbons (Fsp3) is 0.357. The third-order valence-corrected chi connectivity index (χ3v) is 3.49. The molecular weight excluding hydrogens is 226 g/mol. The Balaban J connectivity index is 2.26. The average Bonchev–Trinajstić information content (AvgIpc) is 2.28. The number of aryl methyl sites for hydroxylation is 1. The van der Waals surface area contributed by atoms with E-state index in [0.717, 1.165) is 12.0 Å². The van der Waals surface area contributed by atoms with Crippen LogP contribution in [0, 0.1) is 35.0 Å². The van der Waals surface area contributed by atoms with Gasteiger partial charge in [0.1, 0.15) is 11.5 Å². The van der Waals surface area contributed by atoms with Gasteiger partial charge in [0.05, 0.1) is 17.3 Å². The number of nitriles is 2. The molecule has 0 bridgehead atoms. The van der Waals surface area contributed by atoms with Crippen molar-refractivity contribution in [3.8, 4) is 12.1 Å². The van der Waals surface area contributed by atoms with Gasteiger partial charge in [-0.05, 0) is 37.8 Å². The number of hydrogen-bond donors (Lipinski definition) is 1. The lowest BCUT2D eigenvalue weighted by atomic mass is 9.69. The molecule has 0 unspecified atom stereocenters. The maximum Gasteiger partial charge on any atom is 0.244 e. The summed E-state index contributed by atoms with van der Waals surface area (Å²) in [4.78, 5) is 12.1. The second-order valence-electron chi connectivity index (χ2n) is 4.61. The molecule has 1 aliphatic rings. The van der Waals surface area contributed by atoms with E-state index in [-0.39, 0.29) is 5.91 Å². The molecular formula is C14H13N3O. The largest absolute Gasteiger partial charge is 0.323 e. The molecule has 0 saturated heterocycles. The summed E-state index contributed by atoms with van der Waals surface area (Å²) in [5, 5.41) is 20.9. The van der Waals surface area contributed by atoms with Crippen molar-refractivity contribution in [3.05, 3.63) is 29.3 Å². The van der Waals surface area contributed by atoms with E-state index >= 15 is 0 Å². The van der Waals surface area contributed by atoms with Crippen LogP contribution in [-0.4, -0.2) is 5.91 Å². The first-order valence-corrected chi connectivity index (χ1v) is 5.85. The van der Waals surface area contributed by atoms with Crippen molar-refractivity contribution >= 4 is 11.6 Å². The topological polar surface area (TPSA) is 76.7 Å². The zero-order chi connectivity index (χ0) is 13.2. The van der Waals surface area contributed by atoms with E-state index in [0.29, 0.717) is 24.1 Å². The summed E-state index contributed by atoms with van der Waals surface area (Å²) in [6.07, 6.45) is 2.10. The molecule has 1 amide bonds. The zero-order valence-electron chi connectivity index (χ0n) is 10.2. The number of anilines is 1. The van der Waals surface area contributed by atoms with E-state index in [2.05, 4.69) is 17.5 Å². The van der Waals surface area contributed by atoms with Gasteiger partial charge in [0.25, 0.3) is 0 Å². The lowest BCUT2D eigenvalue weighted by Crippen LogP contribution is -2.40. The van der Waals surface area contributed by atoms with E-state index in [4.69, 9.17) is 10.5 Å². The van der Waals surface area contributed by atoms with Gasteiger partial charge in [-0.25, -0.2) is 0 Å². The second kappa shape index (κ2) is 4.50. The van der Waals surface area contributed by atoms with E-state index in [1.54, 1.807) is 12.1 Å². The Kier molecular flexibility index (Phi) is 3.04. The fourth-order valence-corrected chi connectivity index (χ4v) is 2.08. The molecule has 0 spiro atoms. The normalized spacial score (nSPS) is 15.9. The van der Waals surface area contributed by atoms with Crippen LogP contribution in [0.25, 0.3) is 0 Å². The molecule has 1 saturated carbocycles. The van der Waals surface area contributed by atoms with Gasteiger partial charge in [-0.1, -0.05) is 12.1 Å². The zero-order valence-corrected chi connectivity index (χ0v) is 10.2. The van der Waals surface area contributed by atoms with E-state index < -0.39 is 5.41 Å². The van der Waals surface area contributed by atoms with Gasteiger partial charge in [0, 0.05) is 0 Å². The summed E-state index contributed by atoms with van der Waals surface area (Å²) >= 11 is 0. The summed E-state index contributed by atoms with van der Waals surface area (Å²) in [6, 6.07) is 9.46. The van der Waals surface area contributed by atoms with Crippen molar-refractivity contribution in [2.45, 2.75) is 26.2 Å². The van der Waals surface area contributed by atoms with Gasteiger partial charge in [0.2, 0.25) is 5.91 Å². The predicted molar refractivity (Wildman–Crippen MR) is 66.4 cm³/mol. The Morgan fingerprint density at radius 2 is 2.11 bits per heavy atom. The lowest BCUT2D eigenvalue weighted by Gasteiger charge is -2.33. The molecule has 0 radical (unpaired) electrons. The number of carbonyl (C=O) groups excluding carboxylic acids is 1. The van der Waals surface area contributed by atoms with Crippen molar-refractivity contribution in [2.75, 3.05) is 5.32 Å². The van der Waals surface area contributed by atoms with Crippen LogP contribution in [-0.2, 0) is 4.79 Å². The Hall–Kier alpha value is -2.33. The van der Waals surface area contributed by atoms with Gasteiger partial charge in [-0.2, -0.15) is 10.5 Å². The predicted octanol–water partition coefficient (Wildman–Crippen LogP) is 2.50. The highest BCUT2D eigenvalue weighted by atomic mass is 16.2. The Morgan fingerprint density at radius 3 is 2.61 bits per heavy atom. The Morgan fingerprint density at radius 1 is 1.39 bits per heavy atom. The highest BCUT2D eigenvalue weighted by molar-refractivity contribution is 5.98. The van der Waals surface area contributed by atoms with Gasteiger partial charge < -0.3 is 5.32 Å². The lowest BCUT2D eigenvalue weighted by molar-refractivity contribution is -0.126. The van der Waals surface area contributed by atoms with Crippen LogP contribution in [0.2, 0.25) is 0 Å². The maximum atomic E-state index is 12.1. The molecule has 2 rings (SSSR count). The summed E-state index contributed by atoms with van der Waals surface area (Å²) < 4.78 is 0. The number of nitrogens with zero attached hydrogens (tertiary/aromatic N) is 2. The highest BCUT2D eigenvalue weighted by Crippen LogP contribution is 2.41. The molecule has 18 heavy (non-hydrogen) atoms. The monoisotopic (exact) mass is 239 g/mol. The van der Waals surface area contributed by atoms with Gasteiger partial charge in [0.15, 0.2) is 0 Å². The van der Waals surface area contributed by atoms with Crippen LogP contribution >= 0.6 is 0 Å². The number of benzene rings is 1. The SMILES string of the molecule is Cc1cccc(NC(=O)C2(C#N)CCC2)c1C#N. The molecule has 0 heterocycles. The first kappa shape index (κ1) is 12.1. The molecule has 4 heteroatoms. The molecule has 1 N–H and O–H groups in total. The molecule has 4 nitrogen and oxygen atoms in total. The summed E-state index contributed by atoms with van der Waals surface area (Å²) in [7, 11) is 0. The van der Waals surface area contributed by atoms with Crippen molar-refractivity contribution in [1.29, 1.82) is 10.5 Å². The van der Waals surface area contributed by atoms with Crippen molar-refractivity contribution < 1.29 is 4.79 Å². The quantitative estimate of drug-likeness (QED) is 0.861. The minimum absolute atomic E-state index is 0.293. The molecule has 0 aliphatic heterocycles. The van der Waals surface area contributed by atoms with E-state index in [1.165, 1.54) is 0 Å². The first-order valence-electron chi connectivity index (χ1n) is 5.85. The molecule has 0 atom stereocenters. The third-order valence-electron chi connectivity index (χ3n) is 3.49. The minimum atomic E-state index is -0.892. The third kappa shape index (κ3) is 1.83. The van der Waals surface area contributed by atoms with Gasteiger partial charge in [-0.3, -0.25) is 4.79 Å². The van der Waals surface area contributed by atoms with Crippen LogP contribution in [0.4, 0.5) is 5.69 Å². The number of rotatable bonds is 2. The first-order chi connectivity index (χ1) is 8.63. The molecule has 1 aliphatic carbocycles. The smallest absolute Gasteiger partial charge is 0.244 e. The molecule has 1 aromatic rings. The molecule has 0 aromatic heterocycles. The Bertz CT molecular complexity index is 574. The van der Waals surface area contributed by atoms with Crippen LogP contribution in [0.15, 0.2) is 18.2 Å². The Labute approximate surface area is 106 Å². The summed E-state index contributed by atoms with van der Waals surface area (Å²) in [5.74, 6) is -0.293. The number of hydrogen-bond acceptors (Lipinski definition) is 3. The number of carbonyl (C=O) groups is 1. The molecule has 1 fully saturated rings. The highest BCUT2D eigenvalue weighted by Gasteiger charge is 2.44. The maximum absolute atomic E-state index is 12.1. The van der Waals surface area contributed by atoms with Crippen LogP contribution in [0.3, 0.4) is 0 Å². The van der Waals surface area contributed by atoms with Crippen molar-refractivity contribution in [3.63, 3.8) is 0 Å². The molecule has 1 aromatic carbocycles.